The second-order valence-corrected chi connectivity index (χ2v) is 4.64. The predicted molar refractivity (Wildman–Crippen MR) is 80.6 cm³/mol. The van der Waals surface area contributed by atoms with Gasteiger partial charge in [-0.1, -0.05) is 41.9 Å². The molecule has 116 valence electrons. The summed E-state index contributed by atoms with van der Waals surface area (Å²) in [6.45, 7) is 0.171. The van der Waals surface area contributed by atoms with E-state index in [1.165, 1.54) is 14.2 Å². The minimum absolute atomic E-state index is 0.0305. The van der Waals surface area contributed by atoms with Gasteiger partial charge in [0, 0.05) is 0 Å². The molecule has 2 aromatic rings. The number of carbonyl (C=O) groups excluding carboxylic acids is 1. The molecule has 0 aliphatic rings. The van der Waals surface area contributed by atoms with E-state index in [0.29, 0.717) is 6.61 Å². The summed E-state index contributed by atoms with van der Waals surface area (Å²) in [6.07, 6.45) is 0. The van der Waals surface area contributed by atoms with Gasteiger partial charge in [-0.3, -0.25) is 4.79 Å². The first-order valence-corrected chi connectivity index (χ1v) is 6.84. The van der Waals surface area contributed by atoms with E-state index >= 15 is 0 Å². The summed E-state index contributed by atoms with van der Waals surface area (Å²) in [7, 11) is 2.79. The van der Waals surface area contributed by atoms with Crippen LogP contribution in [-0.2, 0) is 11.3 Å². The molecule has 0 amide bonds. The molecule has 0 saturated carbocycles. The number of halogens is 1. The largest absolute Gasteiger partial charge is 0.480 e. The minimum atomic E-state index is -0.361. The minimum Gasteiger partial charge on any atom is -0.480 e. The molecule has 6 nitrogen and oxygen atoms in total. The van der Waals surface area contributed by atoms with Gasteiger partial charge in [0.25, 0.3) is 0 Å². The first kappa shape index (κ1) is 16.2. The van der Waals surface area contributed by atoms with Gasteiger partial charge in [0.2, 0.25) is 5.88 Å². The van der Waals surface area contributed by atoms with Crippen molar-refractivity contribution in [2.75, 3.05) is 20.8 Å². The molecule has 1 aromatic carbocycles. The second-order valence-electron chi connectivity index (χ2n) is 4.29. The fourth-order valence-corrected chi connectivity index (χ4v) is 2.04. The molecule has 0 saturated heterocycles. The van der Waals surface area contributed by atoms with Gasteiger partial charge in [0.1, 0.15) is 12.2 Å². The van der Waals surface area contributed by atoms with Crippen LogP contribution < -0.4 is 9.47 Å². The van der Waals surface area contributed by atoms with E-state index in [9.17, 15) is 4.79 Å². The number of ketones is 1. The Bertz CT molecular complexity index is 649. The Morgan fingerprint density at radius 1 is 1.14 bits per heavy atom. The zero-order chi connectivity index (χ0) is 15.9. The number of nitrogens with zero attached hydrogens (tertiary/aromatic N) is 2. The predicted octanol–water partition coefficient (Wildman–Crippen LogP) is 2.55. The number of rotatable bonds is 7. The average Bonchev–Trinajstić information content (AvgIpc) is 2.54. The van der Waals surface area contributed by atoms with E-state index < -0.39 is 0 Å². The van der Waals surface area contributed by atoms with E-state index in [-0.39, 0.29) is 35.0 Å². The van der Waals surface area contributed by atoms with Gasteiger partial charge < -0.3 is 14.2 Å². The van der Waals surface area contributed by atoms with Crippen molar-refractivity contribution in [2.45, 2.75) is 6.61 Å². The van der Waals surface area contributed by atoms with Gasteiger partial charge in [-0.05, 0) is 5.56 Å². The van der Waals surface area contributed by atoms with Gasteiger partial charge in [-0.15, -0.1) is 0 Å². The van der Waals surface area contributed by atoms with Crippen molar-refractivity contribution in [3.8, 4) is 11.9 Å². The molecule has 0 fully saturated rings. The van der Waals surface area contributed by atoms with Crippen LogP contribution in [0, 0.1) is 0 Å². The van der Waals surface area contributed by atoms with E-state index in [0.717, 1.165) is 5.56 Å². The number of hydrogen-bond acceptors (Lipinski definition) is 6. The number of aromatic nitrogens is 2. The molecule has 1 aromatic heterocycles. The number of ether oxygens (including phenoxy) is 3. The maximum absolute atomic E-state index is 12.2. The van der Waals surface area contributed by atoms with Gasteiger partial charge in [-0.2, -0.15) is 9.97 Å². The van der Waals surface area contributed by atoms with Crippen molar-refractivity contribution in [3.05, 3.63) is 46.6 Å². The van der Waals surface area contributed by atoms with E-state index in [1.54, 1.807) is 0 Å². The van der Waals surface area contributed by atoms with Crippen molar-refractivity contribution in [2.24, 2.45) is 0 Å². The Morgan fingerprint density at radius 2 is 1.86 bits per heavy atom. The van der Waals surface area contributed by atoms with E-state index in [1.807, 2.05) is 30.3 Å². The average molecular weight is 323 g/mol. The normalized spacial score (nSPS) is 10.3. The summed E-state index contributed by atoms with van der Waals surface area (Å²) < 4.78 is 15.3. The molecule has 0 radical (unpaired) electrons. The van der Waals surface area contributed by atoms with Crippen LogP contribution in [0.15, 0.2) is 30.3 Å². The van der Waals surface area contributed by atoms with Crippen molar-refractivity contribution in [3.63, 3.8) is 0 Å². The van der Waals surface area contributed by atoms with Crippen LogP contribution in [0.3, 0.4) is 0 Å². The van der Waals surface area contributed by atoms with Crippen LogP contribution in [0.1, 0.15) is 15.9 Å². The highest BCUT2D eigenvalue weighted by Crippen LogP contribution is 2.26. The molecule has 7 heteroatoms. The van der Waals surface area contributed by atoms with Crippen LogP contribution in [0.4, 0.5) is 0 Å². The lowest BCUT2D eigenvalue weighted by molar-refractivity contribution is 0.0722. The molecule has 0 spiro atoms. The molecule has 0 bridgehead atoms. The number of hydrogen-bond donors (Lipinski definition) is 0. The second kappa shape index (κ2) is 7.72. The molecule has 0 aliphatic heterocycles. The number of benzene rings is 1. The molecule has 0 N–H and O–H groups in total. The lowest BCUT2D eigenvalue weighted by Crippen LogP contribution is -2.13. The number of carbonyl (C=O) groups is 1. The topological polar surface area (TPSA) is 70.5 Å². The summed E-state index contributed by atoms with van der Waals surface area (Å²) in [4.78, 5) is 20.0. The van der Waals surface area contributed by atoms with Crippen LogP contribution in [-0.4, -0.2) is 36.6 Å². The third kappa shape index (κ3) is 3.93. The Kier molecular flexibility index (Phi) is 5.68. The van der Waals surface area contributed by atoms with Gasteiger partial charge >= 0.3 is 6.01 Å². The van der Waals surface area contributed by atoms with Crippen LogP contribution in [0.2, 0.25) is 5.15 Å². The first-order valence-electron chi connectivity index (χ1n) is 6.46. The third-order valence-electron chi connectivity index (χ3n) is 2.81. The third-order valence-corrected chi connectivity index (χ3v) is 3.08. The molecule has 1 heterocycles. The lowest BCUT2D eigenvalue weighted by Gasteiger charge is -2.10. The summed E-state index contributed by atoms with van der Waals surface area (Å²) in [5.41, 5.74) is 1.05. The maximum atomic E-state index is 12.2. The molecule has 0 unspecified atom stereocenters. The summed E-state index contributed by atoms with van der Waals surface area (Å²) in [5, 5.41) is -0.0305. The zero-order valence-electron chi connectivity index (χ0n) is 12.2. The molecular weight excluding hydrogens is 308 g/mol. The van der Waals surface area contributed by atoms with Crippen LogP contribution in [0.25, 0.3) is 0 Å². The van der Waals surface area contributed by atoms with Crippen molar-refractivity contribution in [1.82, 2.24) is 9.97 Å². The number of Topliss-reactive ketones (excluding diaryl/α,β-unsaturated/α-hetero) is 1. The molecule has 0 atom stereocenters. The highest BCUT2D eigenvalue weighted by atomic mass is 35.5. The number of methoxy groups -OCH3 is 2. The van der Waals surface area contributed by atoms with E-state index in [2.05, 4.69) is 9.97 Å². The Labute approximate surface area is 133 Å². The highest BCUT2D eigenvalue weighted by Gasteiger charge is 2.21. The zero-order valence-corrected chi connectivity index (χ0v) is 13.0. The molecule has 22 heavy (non-hydrogen) atoms. The monoisotopic (exact) mass is 322 g/mol. The molecule has 2 rings (SSSR count). The molecular formula is C15H15ClN2O4. The quantitative estimate of drug-likeness (QED) is 0.576. The van der Waals surface area contributed by atoms with Crippen molar-refractivity contribution < 1.29 is 19.0 Å². The van der Waals surface area contributed by atoms with Gasteiger partial charge in [0.05, 0.1) is 20.8 Å². The summed E-state index contributed by atoms with van der Waals surface area (Å²) in [5.74, 6) is -0.300. The van der Waals surface area contributed by atoms with E-state index in [4.69, 9.17) is 25.8 Å². The lowest BCUT2D eigenvalue weighted by atomic mass is 10.2. The van der Waals surface area contributed by atoms with Crippen molar-refractivity contribution in [1.29, 1.82) is 0 Å². The Hall–Kier alpha value is -2.18. The fourth-order valence-electron chi connectivity index (χ4n) is 1.78. The maximum Gasteiger partial charge on any atom is 0.320 e. The summed E-state index contributed by atoms with van der Waals surface area (Å²) in [6, 6.07) is 9.57. The standard InChI is InChI=1S/C15H15ClN2O4/c1-20-14-12(13(16)17-15(18-14)21-2)11(19)9-22-8-10-6-4-3-5-7-10/h3-7H,8-9H2,1-2H3. The Morgan fingerprint density at radius 3 is 2.50 bits per heavy atom. The van der Waals surface area contributed by atoms with Gasteiger partial charge in [-0.25, -0.2) is 0 Å². The SMILES string of the molecule is COc1nc(Cl)c(C(=O)COCc2ccccc2)c(OC)n1. The van der Waals surface area contributed by atoms with Crippen LogP contribution >= 0.6 is 11.6 Å². The van der Waals surface area contributed by atoms with Crippen molar-refractivity contribution >= 4 is 17.4 Å². The van der Waals surface area contributed by atoms with Gasteiger partial charge in [0.15, 0.2) is 10.9 Å². The highest BCUT2D eigenvalue weighted by molar-refractivity contribution is 6.33. The Balaban J connectivity index is 2.06. The fraction of sp³-hybridized carbons (Fsp3) is 0.267. The van der Waals surface area contributed by atoms with Crippen LogP contribution in [0.5, 0.6) is 11.9 Å². The summed E-state index contributed by atoms with van der Waals surface area (Å²) >= 11 is 6.00. The smallest absolute Gasteiger partial charge is 0.320 e. The first-order chi connectivity index (χ1) is 10.7. The molecule has 0 aliphatic carbocycles.